The summed E-state index contributed by atoms with van der Waals surface area (Å²) in [6, 6.07) is 12.3. The van der Waals surface area contributed by atoms with Gasteiger partial charge in [-0.05, 0) is 43.3 Å². The lowest BCUT2D eigenvalue weighted by Gasteiger charge is -2.10. The third-order valence-corrected chi connectivity index (χ3v) is 4.00. The summed E-state index contributed by atoms with van der Waals surface area (Å²) in [5.74, 6) is 0.379. The first-order valence-corrected chi connectivity index (χ1v) is 7.55. The highest BCUT2D eigenvalue weighted by Crippen LogP contribution is 2.25. The molecule has 5 nitrogen and oxygen atoms in total. The van der Waals surface area contributed by atoms with E-state index in [0.717, 1.165) is 0 Å². The van der Waals surface area contributed by atoms with Crippen LogP contribution in [-0.2, 0) is 10.0 Å². The zero-order chi connectivity index (χ0) is 14.6. The minimum absolute atomic E-state index is 0.158. The molecule has 20 heavy (non-hydrogen) atoms. The molecule has 0 spiro atoms. The quantitative estimate of drug-likeness (QED) is 0.888. The summed E-state index contributed by atoms with van der Waals surface area (Å²) in [5.41, 5.74) is 0.400. The largest absolute Gasteiger partial charge is 0.507 e. The Kier molecular flexibility index (Phi) is 4.14. The SMILES string of the molecule is CCOc1ccc(NS(=O)(=O)c2ccccc2O)cc1. The van der Waals surface area contributed by atoms with E-state index in [1.54, 1.807) is 36.4 Å². The number of ether oxygens (including phenoxy) is 1. The lowest BCUT2D eigenvalue weighted by atomic mass is 10.3. The maximum Gasteiger partial charge on any atom is 0.265 e. The second kappa shape index (κ2) is 5.83. The molecule has 0 aliphatic carbocycles. The molecule has 0 bridgehead atoms. The van der Waals surface area contributed by atoms with Gasteiger partial charge in [0, 0.05) is 5.69 Å². The maximum atomic E-state index is 12.1. The van der Waals surface area contributed by atoms with Crippen LogP contribution in [0.15, 0.2) is 53.4 Å². The Balaban J connectivity index is 2.22. The number of aromatic hydroxyl groups is 1. The van der Waals surface area contributed by atoms with Crippen LogP contribution in [0.4, 0.5) is 5.69 Å². The molecule has 0 atom stereocenters. The van der Waals surface area contributed by atoms with Crippen molar-refractivity contribution in [2.75, 3.05) is 11.3 Å². The van der Waals surface area contributed by atoms with Gasteiger partial charge in [0.25, 0.3) is 10.0 Å². The predicted molar refractivity (Wildman–Crippen MR) is 76.5 cm³/mol. The fourth-order valence-electron chi connectivity index (χ4n) is 1.68. The molecule has 0 aliphatic heterocycles. The monoisotopic (exact) mass is 293 g/mol. The third kappa shape index (κ3) is 3.21. The van der Waals surface area contributed by atoms with Crippen LogP contribution in [0.3, 0.4) is 0 Å². The Labute approximate surface area is 117 Å². The van der Waals surface area contributed by atoms with Crippen molar-refractivity contribution in [3.05, 3.63) is 48.5 Å². The number of nitrogens with one attached hydrogen (secondary N) is 1. The first-order valence-electron chi connectivity index (χ1n) is 6.06. The standard InChI is InChI=1S/C14H15NO4S/c1-2-19-12-9-7-11(8-10-12)15-20(17,18)14-6-4-3-5-13(14)16/h3-10,15-16H,2H2,1H3. The number of phenols is 1. The van der Waals surface area contributed by atoms with E-state index in [-0.39, 0.29) is 10.6 Å². The maximum absolute atomic E-state index is 12.1. The summed E-state index contributed by atoms with van der Waals surface area (Å²) in [4.78, 5) is -0.158. The van der Waals surface area contributed by atoms with E-state index >= 15 is 0 Å². The highest BCUT2D eigenvalue weighted by molar-refractivity contribution is 7.92. The fourth-order valence-corrected chi connectivity index (χ4v) is 2.84. The van der Waals surface area contributed by atoms with Crippen molar-refractivity contribution in [1.29, 1.82) is 0 Å². The molecule has 0 amide bonds. The van der Waals surface area contributed by atoms with Crippen molar-refractivity contribution < 1.29 is 18.3 Å². The van der Waals surface area contributed by atoms with E-state index in [2.05, 4.69) is 4.72 Å². The molecule has 0 saturated carbocycles. The summed E-state index contributed by atoms with van der Waals surface area (Å²) in [6.07, 6.45) is 0. The lowest BCUT2D eigenvalue weighted by molar-refractivity contribution is 0.340. The highest BCUT2D eigenvalue weighted by atomic mass is 32.2. The fraction of sp³-hybridized carbons (Fsp3) is 0.143. The summed E-state index contributed by atoms with van der Waals surface area (Å²) in [6.45, 7) is 2.41. The number of rotatable bonds is 5. The lowest BCUT2D eigenvalue weighted by Crippen LogP contribution is -2.13. The van der Waals surface area contributed by atoms with Gasteiger partial charge in [-0.25, -0.2) is 8.42 Å². The van der Waals surface area contributed by atoms with Crippen LogP contribution in [0.2, 0.25) is 0 Å². The van der Waals surface area contributed by atoms with Crippen LogP contribution in [0.1, 0.15) is 6.92 Å². The van der Waals surface area contributed by atoms with Gasteiger partial charge in [0.05, 0.1) is 6.61 Å². The molecule has 0 aromatic heterocycles. The first kappa shape index (κ1) is 14.2. The van der Waals surface area contributed by atoms with Gasteiger partial charge in [0.2, 0.25) is 0 Å². The second-order valence-corrected chi connectivity index (χ2v) is 5.68. The van der Waals surface area contributed by atoms with Crippen molar-refractivity contribution in [2.24, 2.45) is 0 Å². The van der Waals surface area contributed by atoms with Gasteiger partial charge < -0.3 is 9.84 Å². The summed E-state index contributed by atoms with van der Waals surface area (Å²) in [7, 11) is -3.81. The van der Waals surface area contributed by atoms with Crippen molar-refractivity contribution in [2.45, 2.75) is 11.8 Å². The third-order valence-electron chi connectivity index (χ3n) is 2.57. The Morgan fingerprint density at radius 1 is 1.10 bits per heavy atom. The molecule has 2 rings (SSSR count). The van der Waals surface area contributed by atoms with E-state index in [0.29, 0.717) is 18.0 Å². The van der Waals surface area contributed by atoms with Crippen LogP contribution in [-0.4, -0.2) is 20.1 Å². The van der Waals surface area contributed by atoms with Crippen LogP contribution in [0.5, 0.6) is 11.5 Å². The summed E-state index contributed by atoms with van der Waals surface area (Å²) in [5, 5.41) is 9.60. The smallest absolute Gasteiger partial charge is 0.265 e. The van der Waals surface area contributed by atoms with Crippen molar-refractivity contribution in [1.82, 2.24) is 0 Å². The van der Waals surface area contributed by atoms with E-state index in [1.807, 2.05) is 6.92 Å². The molecular formula is C14H15NO4S. The van der Waals surface area contributed by atoms with E-state index < -0.39 is 10.0 Å². The summed E-state index contributed by atoms with van der Waals surface area (Å²) < 4.78 is 31.9. The second-order valence-electron chi connectivity index (χ2n) is 4.03. The Bertz CT molecular complexity index is 681. The van der Waals surface area contributed by atoms with Crippen LogP contribution >= 0.6 is 0 Å². The topological polar surface area (TPSA) is 75.6 Å². The number of hydrogen-bond acceptors (Lipinski definition) is 4. The number of hydrogen-bond donors (Lipinski definition) is 2. The molecular weight excluding hydrogens is 278 g/mol. The van der Waals surface area contributed by atoms with Gasteiger partial charge in [0.15, 0.2) is 0 Å². The average molecular weight is 293 g/mol. The number of sulfonamides is 1. The Morgan fingerprint density at radius 3 is 2.35 bits per heavy atom. The van der Waals surface area contributed by atoms with E-state index in [1.165, 1.54) is 12.1 Å². The number of phenolic OH excluding ortho intramolecular Hbond substituents is 1. The Morgan fingerprint density at radius 2 is 1.75 bits per heavy atom. The van der Waals surface area contributed by atoms with Crippen LogP contribution in [0.25, 0.3) is 0 Å². The molecule has 0 unspecified atom stereocenters. The van der Waals surface area contributed by atoms with Gasteiger partial charge in [-0.3, -0.25) is 4.72 Å². The predicted octanol–water partition coefficient (Wildman–Crippen LogP) is 2.59. The molecule has 0 heterocycles. The average Bonchev–Trinajstić information content (AvgIpc) is 2.41. The molecule has 0 saturated heterocycles. The first-order chi connectivity index (χ1) is 9.53. The highest BCUT2D eigenvalue weighted by Gasteiger charge is 2.17. The zero-order valence-electron chi connectivity index (χ0n) is 10.9. The number of benzene rings is 2. The molecule has 2 N–H and O–H groups in total. The minimum atomic E-state index is -3.81. The van der Waals surface area contributed by atoms with Gasteiger partial charge in [-0.2, -0.15) is 0 Å². The normalized spacial score (nSPS) is 11.1. The van der Waals surface area contributed by atoms with Gasteiger partial charge >= 0.3 is 0 Å². The minimum Gasteiger partial charge on any atom is -0.507 e. The van der Waals surface area contributed by atoms with Crippen molar-refractivity contribution >= 4 is 15.7 Å². The number of anilines is 1. The van der Waals surface area contributed by atoms with Crippen LogP contribution in [0, 0.1) is 0 Å². The van der Waals surface area contributed by atoms with Gasteiger partial charge in [0.1, 0.15) is 16.4 Å². The molecule has 0 fully saturated rings. The molecule has 2 aromatic rings. The summed E-state index contributed by atoms with van der Waals surface area (Å²) >= 11 is 0. The van der Waals surface area contributed by atoms with Gasteiger partial charge in [-0.15, -0.1) is 0 Å². The molecule has 6 heteroatoms. The Hall–Kier alpha value is -2.21. The zero-order valence-corrected chi connectivity index (χ0v) is 11.7. The molecule has 0 aliphatic rings. The number of para-hydroxylation sites is 1. The molecule has 0 radical (unpaired) electrons. The molecule has 106 valence electrons. The van der Waals surface area contributed by atoms with E-state index in [4.69, 9.17) is 4.74 Å². The van der Waals surface area contributed by atoms with Crippen molar-refractivity contribution in [3.8, 4) is 11.5 Å². The van der Waals surface area contributed by atoms with E-state index in [9.17, 15) is 13.5 Å². The van der Waals surface area contributed by atoms with Gasteiger partial charge in [-0.1, -0.05) is 12.1 Å². The van der Waals surface area contributed by atoms with Crippen molar-refractivity contribution in [3.63, 3.8) is 0 Å². The van der Waals surface area contributed by atoms with Crippen LogP contribution < -0.4 is 9.46 Å². The molecule has 2 aromatic carbocycles.